The van der Waals surface area contributed by atoms with Gasteiger partial charge in [-0.2, -0.15) is 0 Å². The first kappa shape index (κ1) is 16.6. The summed E-state index contributed by atoms with van der Waals surface area (Å²) in [5, 5.41) is 11.6. The van der Waals surface area contributed by atoms with Gasteiger partial charge in [-0.25, -0.2) is 0 Å². The molecule has 0 bridgehead atoms. The molecule has 2 rings (SSSR count). The topological polar surface area (TPSA) is 78.7 Å². The summed E-state index contributed by atoms with van der Waals surface area (Å²) >= 11 is 0. The number of nitrogens with zero attached hydrogens (tertiary/aromatic N) is 1. The van der Waals surface area contributed by atoms with Gasteiger partial charge in [0, 0.05) is 24.4 Å². The first-order chi connectivity index (χ1) is 10.6. The van der Waals surface area contributed by atoms with Gasteiger partial charge in [-0.05, 0) is 5.56 Å². The van der Waals surface area contributed by atoms with E-state index in [-0.39, 0.29) is 36.4 Å². The number of ketones is 1. The average Bonchev–Trinajstić information content (AvgIpc) is 2.51. The molecule has 1 aromatic rings. The van der Waals surface area contributed by atoms with E-state index in [2.05, 4.69) is 0 Å². The third-order valence-corrected chi connectivity index (χ3v) is 4.40. The van der Waals surface area contributed by atoms with Crippen LogP contribution in [0.25, 0.3) is 0 Å². The van der Waals surface area contributed by atoms with E-state index in [1.807, 2.05) is 30.3 Å². The predicted octanol–water partition coefficient (Wildman–Crippen LogP) is 2.26. The molecule has 0 unspecified atom stereocenters. The van der Waals surface area contributed by atoms with Gasteiger partial charge in [0.25, 0.3) is 0 Å². The summed E-state index contributed by atoms with van der Waals surface area (Å²) < 4.78 is 10.2. The normalized spacial score (nSPS) is 28.5. The van der Waals surface area contributed by atoms with Crippen molar-refractivity contribution in [2.75, 3.05) is 20.5 Å². The zero-order valence-corrected chi connectivity index (χ0v) is 12.8. The first-order valence-electron chi connectivity index (χ1n) is 7.34. The van der Waals surface area contributed by atoms with Crippen molar-refractivity contribution in [3.63, 3.8) is 0 Å². The molecule has 0 spiro atoms. The van der Waals surface area contributed by atoms with Crippen LogP contribution < -0.4 is 0 Å². The Kier molecular flexibility index (Phi) is 5.63. The van der Waals surface area contributed by atoms with Crippen LogP contribution in [0.1, 0.15) is 24.8 Å². The standard InChI is InChI=1S/C16H21NO5/c1-11-14(9-22-10-21-2)16(17(19)20)13(8-15(11)18)12-6-4-3-5-7-12/h3-7,11,13-14,16H,8-10H2,1-2H3/t11-,13-,14+,16-/m1/s1. The fourth-order valence-electron chi connectivity index (χ4n) is 3.19. The number of methoxy groups -OCH3 is 1. The van der Waals surface area contributed by atoms with E-state index in [0.29, 0.717) is 0 Å². The molecule has 0 N–H and O–H groups in total. The number of ether oxygens (including phenoxy) is 2. The molecule has 0 aliphatic heterocycles. The van der Waals surface area contributed by atoms with Crippen molar-refractivity contribution in [2.45, 2.75) is 25.3 Å². The molecule has 4 atom stereocenters. The van der Waals surface area contributed by atoms with Crippen LogP contribution in [0, 0.1) is 22.0 Å². The smallest absolute Gasteiger partial charge is 0.226 e. The Balaban J connectivity index is 2.29. The number of rotatable bonds is 6. The van der Waals surface area contributed by atoms with Crippen LogP contribution in [-0.4, -0.2) is 37.3 Å². The summed E-state index contributed by atoms with van der Waals surface area (Å²) in [5.41, 5.74) is 0.834. The molecule has 0 amide bonds. The second kappa shape index (κ2) is 7.47. The van der Waals surface area contributed by atoms with Gasteiger partial charge in [-0.1, -0.05) is 37.3 Å². The van der Waals surface area contributed by atoms with Gasteiger partial charge >= 0.3 is 0 Å². The molecule has 6 nitrogen and oxygen atoms in total. The molecular formula is C16H21NO5. The maximum Gasteiger partial charge on any atom is 0.226 e. The lowest BCUT2D eigenvalue weighted by Gasteiger charge is -2.35. The molecule has 0 radical (unpaired) electrons. The Labute approximate surface area is 129 Å². The van der Waals surface area contributed by atoms with E-state index < -0.39 is 17.9 Å². The van der Waals surface area contributed by atoms with Gasteiger partial charge in [0.05, 0.1) is 18.4 Å². The Hall–Kier alpha value is -1.79. The van der Waals surface area contributed by atoms with Gasteiger partial charge in [0.1, 0.15) is 12.6 Å². The summed E-state index contributed by atoms with van der Waals surface area (Å²) in [4.78, 5) is 23.7. The Bertz CT molecular complexity index is 519. The molecule has 1 aromatic carbocycles. The highest BCUT2D eigenvalue weighted by Crippen LogP contribution is 2.39. The second-order valence-corrected chi connectivity index (χ2v) is 5.69. The number of benzene rings is 1. The van der Waals surface area contributed by atoms with Crippen molar-refractivity contribution >= 4 is 5.78 Å². The number of carbonyl (C=O) groups is 1. The molecule has 0 heterocycles. The number of hydrogen-bond donors (Lipinski definition) is 0. The predicted molar refractivity (Wildman–Crippen MR) is 80.1 cm³/mol. The molecule has 0 saturated heterocycles. The van der Waals surface area contributed by atoms with Gasteiger partial charge in [-0.15, -0.1) is 0 Å². The van der Waals surface area contributed by atoms with Crippen molar-refractivity contribution < 1.29 is 19.2 Å². The molecule has 6 heteroatoms. The highest BCUT2D eigenvalue weighted by molar-refractivity contribution is 5.83. The monoisotopic (exact) mass is 307 g/mol. The van der Waals surface area contributed by atoms with Gasteiger partial charge in [0.2, 0.25) is 6.04 Å². The van der Waals surface area contributed by atoms with Crippen LogP contribution in [0.15, 0.2) is 30.3 Å². The summed E-state index contributed by atoms with van der Waals surface area (Å²) in [6, 6.07) is 8.40. The minimum Gasteiger partial charge on any atom is -0.359 e. The number of Topliss-reactive ketones (excluding diaryl/α,β-unsaturated/α-hetero) is 1. The van der Waals surface area contributed by atoms with Gasteiger partial charge in [0.15, 0.2) is 0 Å². The molecule has 22 heavy (non-hydrogen) atoms. The summed E-state index contributed by atoms with van der Waals surface area (Å²) in [5.74, 6) is -1.18. The molecule has 1 aliphatic rings. The zero-order chi connectivity index (χ0) is 16.1. The van der Waals surface area contributed by atoms with Crippen molar-refractivity contribution in [2.24, 2.45) is 11.8 Å². The van der Waals surface area contributed by atoms with Crippen LogP contribution in [0.4, 0.5) is 0 Å². The quantitative estimate of drug-likeness (QED) is 0.348. The van der Waals surface area contributed by atoms with Crippen molar-refractivity contribution in [3.05, 3.63) is 46.0 Å². The lowest BCUT2D eigenvalue weighted by atomic mass is 9.68. The number of hydrogen-bond acceptors (Lipinski definition) is 5. The molecule has 1 fully saturated rings. The minimum atomic E-state index is -0.827. The summed E-state index contributed by atoms with van der Waals surface area (Å²) in [6.07, 6.45) is 0.206. The minimum absolute atomic E-state index is 0.0537. The maximum atomic E-state index is 12.3. The zero-order valence-electron chi connectivity index (χ0n) is 12.8. The molecule has 1 aliphatic carbocycles. The molecule has 1 saturated carbocycles. The van der Waals surface area contributed by atoms with Crippen LogP contribution in [-0.2, 0) is 14.3 Å². The summed E-state index contributed by atoms with van der Waals surface area (Å²) in [7, 11) is 1.49. The Morgan fingerprint density at radius 1 is 1.32 bits per heavy atom. The van der Waals surface area contributed by atoms with Gasteiger partial charge < -0.3 is 9.47 Å². The van der Waals surface area contributed by atoms with Gasteiger partial charge in [-0.3, -0.25) is 14.9 Å². The highest BCUT2D eigenvalue weighted by atomic mass is 16.7. The van der Waals surface area contributed by atoms with Crippen molar-refractivity contribution in [1.29, 1.82) is 0 Å². The van der Waals surface area contributed by atoms with Crippen LogP contribution >= 0.6 is 0 Å². The van der Waals surface area contributed by atoms with E-state index in [9.17, 15) is 14.9 Å². The Morgan fingerprint density at radius 3 is 2.59 bits per heavy atom. The fourth-order valence-corrected chi connectivity index (χ4v) is 3.19. The lowest BCUT2D eigenvalue weighted by molar-refractivity contribution is -0.540. The van der Waals surface area contributed by atoms with E-state index in [1.165, 1.54) is 7.11 Å². The van der Waals surface area contributed by atoms with E-state index in [1.54, 1.807) is 6.92 Å². The second-order valence-electron chi connectivity index (χ2n) is 5.69. The third-order valence-electron chi connectivity index (χ3n) is 4.40. The fraction of sp³-hybridized carbons (Fsp3) is 0.562. The first-order valence-corrected chi connectivity index (χ1v) is 7.34. The summed E-state index contributed by atoms with van der Waals surface area (Å²) in [6.45, 7) is 1.97. The number of nitro groups is 1. The highest BCUT2D eigenvalue weighted by Gasteiger charge is 2.49. The molecule has 0 aromatic heterocycles. The van der Waals surface area contributed by atoms with Crippen molar-refractivity contribution in [3.8, 4) is 0 Å². The van der Waals surface area contributed by atoms with Crippen LogP contribution in [0.3, 0.4) is 0 Å². The van der Waals surface area contributed by atoms with E-state index in [0.717, 1.165) is 5.56 Å². The number of carbonyl (C=O) groups excluding carboxylic acids is 1. The molecule has 120 valence electrons. The Morgan fingerprint density at radius 2 is 2.00 bits per heavy atom. The molecular weight excluding hydrogens is 286 g/mol. The van der Waals surface area contributed by atoms with E-state index >= 15 is 0 Å². The van der Waals surface area contributed by atoms with Crippen LogP contribution in [0.2, 0.25) is 0 Å². The average molecular weight is 307 g/mol. The van der Waals surface area contributed by atoms with Crippen molar-refractivity contribution in [1.82, 2.24) is 0 Å². The maximum absolute atomic E-state index is 12.3. The SMILES string of the molecule is COCOC[C@@H]1[C@H]([N+](=O)[O-])[C@@H](c2ccccc2)CC(=O)[C@@H]1C. The van der Waals surface area contributed by atoms with Crippen LogP contribution in [0.5, 0.6) is 0 Å². The lowest BCUT2D eigenvalue weighted by Crippen LogP contribution is -2.48. The third kappa shape index (κ3) is 3.51. The van der Waals surface area contributed by atoms with E-state index in [4.69, 9.17) is 9.47 Å². The largest absolute Gasteiger partial charge is 0.359 e.